The van der Waals surface area contributed by atoms with Gasteiger partial charge in [0.1, 0.15) is 5.69 Å². The van der Waals surface area contributed by atoms with E-state index in [0.29, 0.717) is 17.2 Å². The molecular weight excluding hydrogens is 212 g/mol. The molecule has 0 aliphatic carbocycles. The quantitative estimate of drug-likeness (QED) is 0.723. The molecule has 1 aromatic rings. The van der Waals surface area contributed by atoms with Crippen molar-refractivity contribution in [2.75, 3.05) is 19.1 Å². The summed E-state index contributed by atoms with van der Waals surface area (Å²) in [6.07, 6.45) is 3.49. The van der Waals surface area contributed by atoms with Crippen molar-refractivity contribution in [2.24, 2.45) is 0 Å². The maximum Gasteiger partial charge on any atom is 0.194 e. The van der Waals surface area contributed by atoms with Crippen LogP contribution in [-0.4, -0.2) is 34.7 Å². The Morgan fingerprint density at radius 1 is 1.67 bits per heavy atom. The highest BCUT2D eigenvalue weighted by molar-refractivity contribution is 7.99. The Morgan fingerprint density at radius 2 is 2.33 bits per heavy atom. The van der Waals surface area contributed by atoms with Crippen LogP contribution in [0.1, 0.15) is 30.4 Å². The average Bonchev–Trinajstić information content (AvgIpc) is 2.61. The van der Waals surface area contributed by atoms with Crippen molar-refractivity contribution in [1.82, 2.24) is 9.78 Å². The molecule has 4 nitrogen and oxygen atoms in total. The summed E-state index contributed by atoms with van der Waals surface area (Å²) < 4.78 is 6.84. The van der Waals surface area contributed by atoms with Crippen molar-refractivity contribution in [2.45, 2.75) is 19.9 Å². The third-order valence-electron chi connectivity index (χ3n) is 2.01. The molecule has 0 saturated carbocycles. The fourth-order valence-electron chi connectivity index (χ4n) is 1.35. The van der Waals surface area contributed by atoms with Gasteiger partial charge in [-0.05, 0) is 20.1 Å². The molecule has 0 atom stereocenters. The van der Waals surface area contributed by atoms with Crippen LogP contribution in [-0.2, 0) is 0 Å². The van der Waals surface area contributed by atoms with Crippen LogP contribution in [0.25, 0.3) is 0 Å². The lowest BCUT2D eigenvalue weighted by Crippen LogP contribution is -2.14. The Morgan fingerprint density at radius 3 is 2.80 bits per heavy atom. The first-order valence-corrected chi connectivity index (χ1v) is 6.14. The van der Waals surface area contributed by atoms with Crippen LogP contribution >= 0.6 is 11.8 Å². The summed E-state index contributed by atoms with van der Waals surface area (Å²) in [5.41, 5.74) is 0.571. The number of aromatic nitrogens is 2. The maximum absolute atomic E-state index is 11.8. The van der Waals surface area contributed by atoms with Crippen molar-refractivity contribution in [1.29, 1.82) is 0 Å². The van der Waals surface area contributed by atoms with Crippen LogP contribution < -0.4 is 4.74 Å². The molecule has 0 aromatic carbocycles. The van der Waals surface area contributed by atoms with Crippen molar-refractivity contribution in [3.63, 3.8) is 0 Å². The number of Topliss-reactive ketones (excluding diaryl/α,β-unsaturated/α-hetero) is 1. The molecule has 1 aromatic heterocycles. The van der Waals surface area contributed by atoms with Crippen LogP contribution in [0.2, 0.25) is 0 Å². The summed E-state index contributed by atoms with van der Waals surface area (Å²) in [6.45, 7) is 3.98. The zero-order valence-corrected chi connectivity index (χ0v) is 10.3. The second-order valence-corrected chi connectivity index (χ2v) is 4.32. The minimum absolute atomic E-state index is 0.0607. The minimum atomic E-state index is 0.0607. The van der Waals surface area contributed by atoms with E-state index >= 15 is 0 Å². The lowest BCUT2D eigenvalue weighted by atomic mass is 10.2. The highest BCUT2D eigenvalue weighted by Gasteiger charge is 2.20. The Bertz CT molecular complexity index is 347. The Balaban J connectivity index is 3.10. The number of carbonyl (C=O) groups excluding carboxylic acids is 1. The van der Waals surface area contributed by atoms with Crippen LogP contribution in [0.5, 0.6) is 5.75 Å². The number of hydrogen-bond donors (Lipinski definition) is 0. The van der Waals surface area contributed by atoms with Gasteiger partial charge in [0.05, 0.1) is 19.1 Å². The summed E-state index contributed by atoms with van der Waals surface area (Å²) in [5.74, 6) is 1.07. The molecule has 0 bridgehead atoms. The first-order chi connectivity index (χ1) is 7.11. The molecule has 0 spiro atoms. The van der Waals surface area contributed by atoms with Crippen molar-refractivity contribution < 1.29 is 9.53 Å². The molecule has 84 valence electrons. The summed E-state index contributed by atoms with van der Waals surface area (Å²) in [4.78, 5) is 11.8. The van der Waals surface area contributed by atoms with Gasteiger partial charge in [-0.1, -0.05) is 0 Å². The van der Waals surface area contributed by atoms with Gasteiger partial charge in [0.15, 0.2) is 11.5 Å². The fourth-order valence-corrected chi connectivity index (χ4v) is 1.75. The van der Waals surface area contributed by atoms with Gasteiger partial charge in [-0.3, -0.25) is 9.48 Å². The topological polar surface area (TPSA) is 44.1 Å². The molecular formula is C10H16N2O2S. The monoisotopic (exact) mass is 228 g/mol. The van der Waals surface area contributed by atoms with E-state index in [0.717, 1.165) is 0 Å². The molecule has 0 saturated heterocycles. The predicted octanol–water partition coefficient (Wildman–Crippen LogP) is 2.02. The normalized spacial score (nSPS) is 10.7. The molecule has 0 aliphatic rings. The highest BCUT2D eigenvalue weighted by Crippen LogP contribution is 2.22. The Labute approximate surface area is 94.0 Å². The molecule has 0 amide bonds. The van der Waals surface area contributed by atoms with Gasteiger partial charge < -0.3 is 4.74 Å². The molecule has 0 N–H and O–H groups in total. The van der Waals surface area contributed by atoms with Gasteiger partial charge in [0, 0.05) is 6.04 Å². The van der Waals surface area contributed by atoms with E-state index < -0.39 is 0 Å². The van der Waals surface area contributed by atoms with Gasteiger partial charge in [-0.2, -0.15) is 16.9 Å². The van der Waals surface area contributed by atoms with Gasteiger partial charge >= 0.3 is 0 Å². The van der Waals surface area contributed by atoms with Crippen LogP contribution in [0, 0.1) is 0 Å². The van der Waals surface area contributed by atoms with Crippen molar-refractivity contribution in [3.8, 4) is 5.75 Å². The molecule has 0 unspecified atom stereocenters. The highest BCUT2D eigenvalue weighted by atomic mass is 32.2. The van der Waals surface area contributed by atoms with Gasteiger partial charge in [0.2, 0.25) is 0 Å². The molecule has 0 radical (unpaired) electrons. The van der Waals surface area contributed by atoms with E-state index in [1.165, 1.54) is 11.8 Å². The molecule has 1 rings (SSSR count). The van der Waals surface area contributed by atoms with Crippen LogP contribution in [0.4, 0.5) is 0 Å². The number of hydrogen-bond acceptors (Lipinski definition) is 4. The van der Waals surface area contributed by atoms with E-state index in [1.54, 1.807) is 18.0 Å². The van der Waals surface area contributed by atoms with Crippen LogP contribution in [0.3, 0.4) is 0 Å². The zero-order valence-electron chi connectivity index (χ0n) is 9.48. The summed E-state index contributed by atoms with van der Waals surface area (Å²) >= 11 is 1.50. The maximum atomic E-state index is 11.8. The Kier molecular flexibility index (Phi) is 4.20. The fraction of sp³-hybridized carbons (Fsp3) is 0.600. The third-order valence-corrected chi connectivity index (χ3v) is 2.56. The largest absolute Gasteiger partial charge is 0.493 e. The number of ether oxygens (including phenoxy) is 1. The van der Waals surface area contributed by atoms with E-state index in [2.05, 4.69) is 5.10 Å². The number of nitrogens with zero attached hydrogens (tertiary/aromatic N) is 2. The number of thioether (sulfide) groups is 1. The van der Waals surface area contributed by atoms with Crippen molar-refractivity contribution in [3.05, 3.63) is 11.9 Å². The zero-order chi connectivity index (χ0) is 11.4. The molecule has 15 heavy (non-hydrogen) atoms. The van der Waals surface area contributed by atoms with E-state index in [4.69, 9.17) is 4.74 Å². The first-order valence-electron chi connectivity index (χ1n) is 4.75. The standard InChI is InChI=1S/C10H16N2O2S/c1-7(2)12-10(8(13)6-15-4)9(14-3)5-11-12/h5,7H,6H2,1-4H3. The summed E-state index contributed by atoms with van der Waals surface area (Å²) in [6, 6.07) is 0.162. The lowest BCUT2D eigenvalue weighted by molar-refractivity contribution is 0.100. The van der Waals surface area contributed by atoms with E-state index in [9.17, 15) is 4.79 Å². The molecule has 1 heterocycles. The van der Waals surface area contributed by atoms with Crippen LogP contribution in [0.15, 0.2) is 6.20 Å². The number of methoxy groups -OCH3 is 1. The second-order valence-electron chi connectivity index (χ2n) is 3.46. The third kappa shape index (κ3) is 2.53. The molecule has 5 heteroatoms. The predicted molar refractivity (Wildman–Crippen MR) is 61.9 cm³/mol. The Hall–Kier alpha value is -0.970. The van der Waals surface area contributed by atoms with Crippen molar-refractivity contribution >= 4 is 17.5 Å². The number of carbonyl (C=O) groups is 1. The summed E-state index contributed by atoms with van der Waals surface area (Å²) in [5, 5.41) is 4.15. The first kappa shape index (κ1) is 12.1. The number of ketones is 1. The van der Waals surface area contributed by atoms with Gasteiger partial charge in [-0.25, -0.2) is 0 Å². The smallest absolute Gasteiger partial charge is 0.194 e. The lowest BCUT2D eigenvalue weighted by Gasteiger charge is -2.10. The minimum Gasteiger partial charge on any atom is -0.493 e. The van der Waals surface area contributed by atoms with E-state index in [1.807, 2.05) is 20.1 Å². The second kappa shape index (κ2) is 5.21. The van der Waals surface area contributed by atoms with Gasteiger partial charge in [0.25, 0.3) is 0 Å². The molecule has 0 aliphatic heterocycles. The average molecular weight is 228 g/mol. The molecule has 0 fully saturated rings. The van der Waals surface area contributed by atoms with E-state index in [-0.39, 0.29) is 11.8 Å². The summed E-state index contributed by atoms with van der Waals surface area (Å²) in [7, 11) is 1.55. The SMILES string of the molecule is COc1cnn(C(C)C)c1C(=O)CSC. The van der Waals surface area contributed by atoms with Gasteiger partial charge in [-0.15, -0.1) is 0 Å². The number of rotatable bonds is 5.